The van der Waals surface area contributed by atoms with Crippen LogP contribution in [-0.2, 0) is 14.2 Å². The number of nitrogens with one attached hydrogen (secondary N) is 2. The van der Waals surface area contributed by atoms with Crippen LogP contribution in [0.15, 0.2) is 4.99 Å². The van der Waals surface area contributed by atoms with Crippen molar-refractivity contribution in [2.45, 2.75) is 39.7 Å². The van der Waals surface area contributed by atoms with E-state index in [0.29, 0.717) is 33.0 Å². The maximum atomic E-state index is 5.48. The molecule has 0 rings (SSSR count). The van der Waals surface area contributed by atoms with Gasteiger partial charge in [0.05, 0.1) is 33.0 Å². The summed E-state index contributed by atoms with van der Waals surface area (Å²) in [4.78, 5) is 4.46. The molecule has 0 saturated heterocycles. The van der Waals surface area contributed by atoms with E-state index in [2.05, 4.69) is 29.5 Å². The minimum atomic E-state index is 0.223. The summed E-state index contributed by atoms with van der Waals surface area (Å²) in [6.45, 7) is 11.1. The molecule has 21 heavy (non-hydrogen) atoms. The lowest BCUT2D eigenvalue weighted by Gasteiger charge is -2.16. The van der Waals surface area contributed by atoms with Crippen LogP contribution >= 0.6 is 0 Å². The molecule has 0 radical (unpaired) electrons. The first-order valence-electron chi connectivity index (χ1n) is 7.93. The third-order valence-corrected chi connectivity index (χ3v) is 2.66. The number of rotatable bonds is 13. The summed E-state index contributed by atoms with van der Waals surface area (Å²) in [5.41, 5.74) is 0. The first kappa shape index (κ1) is 20.1. The van der Waals surface area contributed by atoms with E-state index in [1.807, 2.05) is 6.92 Å². The standard InChI is InChI=1S/C15H33N3O3/c1-5-7-9-20-11-12-21-10-8-17-15(16-6-2)18-14(3)13-19-4/h14H,5-13H2,1-4H3,(H2,16,17,18). The summed E-state index contributed by atoms with van der Waals surface area (Å²) < 4.78 is 16.0. The minimum absolute atomic E-state index is 0.223. The van der Waals surface area contributed by atoms with E-state index in [9.17, 15) is 0 Å². The molecule has 0 aliphatic heterocycles. The second-order valence-electron chi connectivity index (χ2n) is 4.84. The number of hydrogen-bond donors (Lipinski definition) is 2. The van der Waals surface area contributed by atoms with Gasteiger partial charge in [-0.15, -0.1) is 0 Å². The third kappa shape index (κ3) is 13.9. The molecule has 1 atom stereocenters. The van der Waals surface area contributed by atoms with Gasteiger partial charge in [-0.05, 0) is 20.3 Å². The van der Waals surface area contributed by atoms with Crippen molar-refractivity contribution in [3.8, 4) is 0 Å². The van der Waals surface area contributed by atoms with Crippen molar-refractivity contribution in [2.24, 2.45) is 4.99 Å². The maximum absolute atomic E-state index is 5.48. The summed E-state index contributed by atoms with van der Waals surface area (Å²) in [6, 6.07) is 0.223. The van der Waals surface area contributed by atoms with E-state index < -0.39 is 0 Å². The lowest BCUT2D eigenvalue weighted by Crippen LogP contribution is -2.44. The molecular weight excluding hydrogens is 270 g/mol. The Morgan fingerprint density at radius 3 is 2.43 bits per heavy atom. The fraction of sp³-hybridized carbons (Fsp3) is 0.933. The molecule has 0 aromatic rings. The summed E-state index contributed by atoms with van der Waals surface area (Å²) >= 11 is 0. The molecular formula is C15H33N3O3. The molecule has 0 spiro atoms. The van der Waals surface area contributed by atoms with Gasteiger partial charge in [0.2, 0.25) is 0 Å². The predicted molar refractivity (Wildman–Crippen MR) is 87.0 cm³/mol. The van der Waals surface area contributed by atoms with Crippen LogP contribution in [0.2, 0.25) is 0 Å². The molecule has 6 heteroatoms. The Morgan fingerprint density at radius 2 is 1.81 bits per heavy atom. The zero-order chi connectivity index (χ0) is 15.8. The molecule has 0 aromatic heterocycles. The summed E-state index contributed by atoms with van der Waals surface area (Å²) in [6.07, 6.45) is 2.28. The van der Waals surface area contributed by atoms with Crippen molar-refractivity contribution in [1.29, 1.82) is 0 Å². The molecule has 6 nitrogen and oxygen atoms in total. The highest BCUT2D eigenvalue weighted by Gasteiger charge is 2.03. The van der Waals surface area contributed by atoms with E-state index in [4.69, 9.17) is 14.2 Å². The van der Waals surface area contributed by atoms with E-state index in [1.165, 1.54) is 0 Å². The zero-order valence-electron chi connectivity index (χ0n) is 14.1. The van der Waals surface area contributed by atoms with Crippen molar-refractivity contribution in [3.63, 3.8) is 0 Å². The number of nitrogens with zero attached hydrogens (tertiary/aromatic N) is 1. The van der Waals surface area contributed by atoms with Crippen LogP contribution in [0.3, 0.4) is 0 Å². The first-order valence-corrected chi connectivity index (χ1v) is 7.93. The molecule has 0 aliphatic rings. The molecule has 1 unspecified atom stereocenters. The number of hydrogen-bond acceptors (Lipinski definition) is 4. The average Bonchev–Trinajstić information content (AvgIpc) is 2.46. The number of ether oxygens (including phenoxy) is 3. The van der Waals surface area contributed by atoms with Gasteiger partial charge in [0.15, 0.2) is 5.96 Å². The Balaban J connectivity index is 3.68. The molecule has 0 aromatic carbocycles. The summed E-state index contributed by atoms with van der Waals surface area (Å²) in [5, 5.41) is 6.48. The van der Waals surface area contributed by atoms with Crippen LogP contribution in [0.25, 0.3) is 0 Å². The van der Waals surface area contributed by atoms with Gasteiger partial charge in [-0.3, -0.25) is 4.99 Å². The molecule has 0 aliphatic carbocycles. The van der Waals surface area contributed by atoms with Gasteiger partial charge in [0, 0.05) is 26.3 Å². The van der Waals surface area contributed by atoms with Crippen molar-refractivity contribution in [1.82, 2.24) is 10.6 Å². The zero-order valence-corrected chi connectivity index (χ0v) is 14.1. The lowest BCUT2D eigenvalue weighted by molar-refractivity contribution is 0.0497. The van der Waals surface area contributed by atoms with E-state index in [1.54, 1.807) is 7.11 Å². The number of methoxy groups -OCH3 is 1. The first-order chi connectivity index (χ1) is 10.2. The van der Waals surface area contributed by atoms with Gasteiger partial charge >= 0.3 is 0 Å². The van der Waals surface area contributed by atoms with Gasteiger partial charge < -0.3 is 24.8 Å². The number of unbranched alkanes of at least 4 members (excludes halogenated alkanes) is 1. The second-order valence-corrected chi connectivity index (χ2v) is 4.84. The van der Waals surface area contributed by atoms with Crippen LogP contribution in [0.1, 0.15) is 33.6 Å². The summed E-state index contributed by atoms with van der Waals surface area (Å²) in [7, 11) is 1.69. The van der Waals surface area contributed by atoms with Crippen molar-refractivity contribution >= 4 is 5.96 Å². The van der Waals surface area contributed by atoms with Gasteiger partial charge in [-0.2, -0.15) is 0 Å². The Bertz CT molecular complexity index is 250. The van der Waals surface area contributed by atoms with Crippen molar-refractivity contribution in [3.05, 3.63) is 0 Å². The molecule has 126 valence electrons. The molecule has 0 saturated carbocycles. The van der Waals surface area contributed by atoms with Crippen LogP contribution in [-0.4, -0.2) is 65.2 Å². The Kier molecular flexibility index (Phi) is 14.9. The van der Waals surface area contributed by atoms with Crippen molar-refractivity contribution < 1.29 is 14.2 Å². The van der Waals surface area contributed by atoms with E-state index >= 15 is 0 Å². The van der Waals surface area contributed by atoms with Crippen molar-refractivity contribution in [2.75, 3.05) is 53.2 Å². The molecule has 0 heterocycles. The van der Waals surface area contributed by atoms with Crippen LogP contribution in [0.5, 0.6) is 0 Å². The lowest BCUT2D eigenvalue weighted by atomic mass is 10.4. The average molecular weight is 303 g/mol. The second kappa shape index (κ2) is 15.5. The highest BCUT2D eigenvalue weighted by Crippen LogP contribution is 1.88. The monoisotopic (exact) mass is 303 g/mol. The minimum Gasteiger partial charge on any atom is -0.383 e. The highest BCUT2D eigenvalue weighted by molar-refractivity contribution is 5.80. The van der Waals surface area contributed by atoms with Gasteiger partial charge in [0.1, 0.15) is 0 Å². The smallest absolute Gasteiger partial charge is 0.191 e. The molecule has 0 bridgehead atoms. The Morgan fingerprint density at radius 1 is 1.10 bits per heavy atom. The molecule has 0 fully saturated rings. The number of guanidine groups is 1. The Hall–Kier alpha value is -0.850. The van der Waals surface area contributed by atoms with Gasteiger partial charge in [0.25, 0.3) is 0 Å². The van der Waals surface area contributed by atoms with Gasteiger partial charge in [-0.25, -0.2) is 0 Å². The normalized spacial score (nSPS) is 13.2. The van der Waals surface area contributed by atoms with Crippen LogP contribution in [0.4, 0.5) is 0 Å². The van der Waals surface area contributed by atoms with Crippen LogP contribution in [0, 0.1) is 0 Å². The largest absolute Gasteiger partial charge is 0.383 e. The fourth-order valence-corrected chi connectivity index (χ4v) is 1.64. The predicted octanol–water partition coefficient (Wildman–Crippen LogP) is 1.41. The molecule has 0 amide bonds. The van der Waals surface area contributed by atoms with E-state index in [-0.39, 0.29) is 6.04 Å². The third-order valence-electron chi connectivity index (χ3n) is 2.66. The van der Waals surface area contributed by atoms with Crippen LogP contribution < -0.4 is 10.6 Å². The van der Waals surface area contributed by atoms with Gasteiger partial charge in [-0.1, -0.05) is 13.3 Å². The summed E-state index contributed by atoms with van der Waals surface area (Å²) in [5.74, 6) is 0.796. The quantitative estimate of drug-likeness (QED) is 0.306. The van der Waals surface area contributed by atoms with E-state index in [0.717, 1.165) is 32.0 Å². The topological polar surface area (TPSA) is 64.1 Å². The fourth-order valence-electron chi connectivity index (χ4n) is 1.64. The maximum Gasteiger partial charge on any atom is 0.191 e. The highest BCUT2D eigenvalue weighted by atomic mass is 16.5. The Labute approximate surface area is 129 Å². The number of aliphatic imine (C=N–C) groups is 1. The SMILES string of the molecule is CCCCOCCOCCN=C(NCC)NC(C)COC. The molecule has 2 N–H and O–H groups in total.